The van der Waals surface area contributed by atoms with Gasteiger partial charge < -0.3 is 10.0 Å². The maximum Gasteiger partial charge on any atom is 0.489 e. The highest BCUT2D eigenvalue weighted by molar-refractivity contribution is 6.59. The van der Waals surface area contributed by atoms with E-state index in [1.807, 2.05) is 0 Å². The van der Waals surface area contributed by atoms with Crippen molar-refractivity contribution in [1.29, 1.82) is 5.26 Å². The van der Waals surface area contributed by atoms with Gasteiger partial charge in [-0.05, 0) is 6.07 Å². The lowest BCUT2D eigenvalue weighted by molar-refractivity contribution is 0.425. The van der Waals surface area contributed by atoms with Crippen LogP contribution in [0, 0.1) is 11.3 Å². The quantitative estimate of drug-likeness (QED) is 0.444. The molecule has 0 amide bonds. The van der Waals surface area contributed by atoms with Crippen LogP contribution in [0.1, 0.15) is 5.56 Å². The Kier molecular flexibility index (Phi) is 2.66. The lowest BCUT2D eigenvalue weighted by Crippen LogP contribution is -2.32. The molecule has 6 heteroatoms. The first-order valence-electron chi connectivity index (χ1n) is 3.07. The Labute approximate surface area is 74.2 Å². The summed E-state index contributed by atoms with van der Waals surface area (Å²) < 4.78 is 0. The molecule has 2 N–H and O–H groups in total. The predicted octanol–water partition coefficient (Wildman–Crippen LogP) is -0.714. The molecule has 0 saturated heterocycles. The lowest BCUT2D eigenvalue weighted by Gasteiger charge is -2.01. The van der Waals surface area contributed by atoms with Crippen molar-refractivity contribution >= 4 is 24.2 Å². The zero-order chi connectivity index (χ0) is 9.14. The van der Waals surface area contributed by atoms with Crippen LogP contribution in [0.5, 0.6) is 0 Å². The number of halogens is 1. The molecular formula is C6H4BClN2O2. The number of nitrogens with zero attached hydrogens (tertiary/aromatic N) is 2. The number of hydrogen-bond acceptors (Lipinski definition) is 4. The van der Waals surface area contributed by atoms with E-state index in [1.165, 1.54) is 12.3 Å². The van der Waals surface area contributed by atoms with Gasteiger partial charge >= 0.3 is 7.12 Å². The van der Waals surface area contributed by atoms with Crippen LogP contribution in [0.4, 0.5) is 0 Å². The summed E-state index contributed by atoms with van der Waals surface area (Å²) in [4.78, 5) is 3.61. The summed E-state index contributed by atoms with van der Waals surface area (Å²) in [5, 5.41) is 26.1. The third-order valence-corrected chi connectivity index (χ3v) is 1.61. The summed E-state index contributed by atoms with van der Waals surface area (Å²) in [7, 11) is -1.69. The fourth-order valence-corrected chi connectivity index (χ4v) is 0.984. The number of nitriles is 1. The molecule has 0 unspecified atom stereocenters. The molecular weight excluding hydrogens is 178 g/mol. The fraction of sp³-hybridized carbons (Fsp3) is 0. The van der Waals surface area contributed by atoms with Crippen molar-refractivity contribution < 1.29 is 10.0 Å². The predicted molar refractivity (Wildman–Crippen MR) is 43.8 cm³/mol. The summed E-state index contributed by atoms with van der Waals surface area (Å²) in [6, 6.07) is 3.06. The van der Waals surface area contributed by atoms with Gasteiger partial charge in [-0.3, -0.25) is 0 Å². The summed E-state index contributed by atoms with van der Waals surface area (Å²) >= 11 is 5.52. The summed E-state index contributed by atoms with van der Waals surface area (Å²) in [6.45, 7) is 0. The van der Waals surface area contributed by atoms with Crippen LogP contribution in [-0.4, -0.2) is 22.2 Å². The zero-order valence-electron chi connectivity index (χ0n) is 5.90. The third-order valence-electron chi connectivity index (χ3n) is 1.33. The van der Waals surface area contributed by atoms with Gasteiger partial charge in [0.25, 0.3) is 0 Å². The van der Waals surface area contributed by atoms with Gasteiger partial charge in [-0.2, -0.15) is 5.26 Å². The van der Waals surface area contributed by atoms with Gasteiger partial charge in [0.05, 0.1) is 5.56 Å². The molecule has 12 heavy (non-hydrogen) atoms. The number of pyridine rings is 1. The second-order valence-corrected chi connectivity index (χ2v) is 2.41. The van der Waals surface area contributed by atoms with Gasteiger partial charge in [-0.25, -0.2) is 4.98 Å². The Morgan fingerprint density at radius 1 is 1.58 bits per heavy atom. The van der Waals surface area contributed by atoms with Crippen molar-refractivity contribution in [2.45, 2.75) is 0 Å². The van der Waals surface area contributed by atoms with Gasteiger partial charge in [-0.15, -0.1) is 0 Å². The second kappa shape index (κ2) is 3.54. The van der Waals surface area contributed by atoms with Crippen LogP contribution < -0.4 is 5.46 Å². The van der Waals surface area contributed by atoms with Crippen molar-refractivity contribution in [1.82, 2.24) is 4.98 Å². The Morgan fingerprint density at radius 3 is 2.67 bits per heavy atom. The summed E-state index contributed by atoms with van der Waals surface area (Å²) in [5.41, 5.74) is 0.0617. The van der Waals surface area contributed by atoms with Gasteiger partial charge in [0.15, 0.2) is 0 Å². The Morgan fingerprint density at radius 2 is 2.25 bits per heavy atom. The highest BCUT2D eigenvalue weighted by Crippen LogP contribution is 2.07. The van der Waals surface area contributed by atoms with E-state index in [9.17, 15) is 0 Å². The molecule has 60 valence electrons. The van der Waals surface area contributed by atoms with Crippen molar-refractivity contribution in [3.63, 3.8) is 0 Å². The van der Waals surface area contributed by atoms with E-state index in [0.29, 0.717) is 0 Å². The maximum atomic E-state index is 8.78. The third kappa shape index (κ3) is 1.56. The Balaban J connectivity index is 3.30. The first-order valence-corrected chi connectivity index (χ1v) is 3.45. The molecule has 0 aliphatic heterocycles. The molecule has 0 saturated carbocycles. The molecule has 0 aromatic carbocycles. The van der Waals surface area contributed by atoms with Gasteiger partial charge in [0.2, 0.25) is 0 Å². The highest BCUT2D eigenvalue weighted by Gasteiger charge is 2.18. The molecule has 1 aromatic rings. The van der Waals surface area contributed by atoms with Crippen LogP contribution >= 0.6 is 11.6 Å². The first-order chi connectivity index (χ1) is 5.66. The number of rotatable bonds is 1. The number of aromatic nitrogens is 1. The van der Waals surface area contributed by atoms with Gasteiger partial charge in [0.1, 0.15) is 11.2 Å². The zero-order valence-corrected chi connectivity index (χ0v) is 6.65. The van der Waals surface area contributed by atoms with Gasteiger partial charge in [0, 0.05) is 11.7 Å². The fourth-order valence-electron chi connectivity index (χ4n) is 0.776. The minimum absolute atomic E-state index is 0.00540. The molecule has 4 nitrogen and oxygen atoms in total. The van der Waals surface area contributed by atoms with Gasteiger partial charge in [-0.1, -0.05) is 11.6 Å². The molecule has 0 atom stereocenters. The lowest BCUT2D eigenvalue weighted by atomic mass is 9.78. The molecule has 0 bridgehead atoms. The minimum Gasteiger partial charge on any atom is -0.423 e. The van der Waals surface area contributed by atoms with Crippen molar-refractivity contribution in [2.24, 2.45) is 0 Å². The van der Waals surface area contributed by atoms with E-state index < -0.39 is 7.12 Å². The smallest absolute Gasteiger partial charge is 0.423 e. The van der Waals surface area contributed by atoms with Crippen LogP contribution in [0.3, 0.4) is 0 Å². The topological polar surface area (TPSA) is 77.1 Å². The van der Waals surface area contributed by atoms with Crippen molar-refractivity contribution in [3.8, 4) is 6.07 Å². The van der Waals surface area contributed by atoms with Crippen LogP contribution in [0.25, 0.3) is 0 Å². The first kappa shape index (κ1) is 9.01. The van der Waals surface area contributed by atoms with Crippen LogP contribution in [-0.2, 0) is 0 Å². The van der Waals surface area contributed by atoms with E-state index >= 15 is 0 Å². The molecule has 1 heterocycles. The monoisotopic (exact) mass is 182 g/mol. The minimum atomic E-state index is -1.69. The maximum absolute atomic E-state index is 8.78. The largest absolute Gasteiger partial charge is 0.489 e. The van der Waals surface area contributed by atoms with E-state index in [1.54, 1.807) is 6.07 Å². The van der Waals surface area contributed by atoms with Crippen molar-refractivity contribution in [3.05, 3.63) is 23.0 Å². The molecule has 1 aromatic heterocycles. The standard InChI is InChI=1S/C6H4BClN2O2/c8-6-4(3-9)5(7(11)12)1-2-10-6/h1-2,11-12H. The SMILES string of the molecule is N#Cc1c(B(O)O)ccnc1Cl. The van der Waals surface area contributed by atoms with E-state index in [0.717, 1.165) is 0 Å². The Bertz CT molecular complexity index is 337. The average molecular weight is 182 g/mol. The molecule has 0 radical (unpaired) electrons. The van der Waals surface area contributed by atoms with Crippen LogP contribution in [0.15, 0.2) is 12.3 Å². The molecule has 0 spiro atoms. The normalized spacial score (nSPS) is 9.17. The van der Waals surface area contributed by atoms with E-state index in [-0.39, 0.29) is 16.2 Å². The second-order valence-electron chi connectivity index (χ2n) is 2.05. The van der Waals surface area contributed by atoms with E-state index in [4.69, 9.17) is 26.9 Å². The molecule has 0 aliphatic rings. The van der Waals surface area contributed by atoms with E-state index in [2.05, 4.69) is 4.98 Å². The summed E-state index contributed by atoms with van der Waals surface area (Å²) in [6.07, 6.45) is 1.30. The van der Waals surface area contributed by atoms with Crippen molar-refractivity contribution in [2.75, 3.05) is 0 Å². The molecule has 1 rings (SSSR count). The molecule has 0 aliphatic carbocycles. The Hall–Kier alpha value is -1.09. The average Bonchev–Trinajstić information content (AvgIpc) is 2.03. The highest BCUT2D eigenvalue weighted by atomic mass is 35.5. The molecule has 0 fully saturated rings. The number of hydrogen-bond donors (Lipinski definition) is 2. The van der Waals surface area contributed by atoms with Crippen LogP contribution in [0.2, 0.25) is 5.15 Å². The summed E-state index contributed by atoms with van der Waals surface area (Å²) in [5.74, 6) is 0.